The Morgan fingerprint density at radius 1 is 1.60 bits per heavy atom. The third-order valence-corrected chi connectivity index (χ3v) is 2.66. The van der Waals surface area contributed by atoms with E-state index in [-0.39, 0.29) is 18.2 Å². The van der Waals surface area contributed by atoms with Gasteiger partial charge in [0, 0.05) is 13.7 Å². The normalized spacial score (nSPS) is 27.7. The summed E-state index contributed by atoms with van der Waals surface area (Å²) in [6.07, 6.45) is 5.05. The predicted octanol–water partition coefficient (Wildman–Crippen LogP) is 0.745. The molecule has 1 aliphatic heterocycles. The molecule has 0 aliphatic carbocycles. The fraction of sp³-hybridized carbons (Fsp3) is 0.727. The summed E-state index contributed by atoms with van der Waals surface area (Å²) in [6.45, 7) is 5.12. The van der Waals surface area contributed by atoms with Gasteiger partial charge in [-0.05, 0) is 13.3 Å². The molecule has 1 N–H and O–H groups in total. The van der Waals surface area contributed by atoms with Crippen molar-refractivity contribution in [1.82, 2.24) is 10.2 Å². The number of piperazine rings is 1. The van der Waals surface area contributed by atoms with E-state index < -0.39 is 0 Å². The molecule has 0 aromatic rings. The Morgan fingerprint density at radius 2 is 2.33 bits per heavy atom. The van der Waals surface area contributed by atoms with E-state index in [4.69, 9.17) is 4.74 Å². The Hall–Kier alpha value is -0.870. The van der Waals surface area contributed by atoms with Crippen molar-refractivity contribution < 1.29 is 9.53 Å². The van der Waals surface area contributed by atoms with Crippen LogP contribution in [-0.4, -0.2) is 43.3 Å². The van der Waals surface area contributed by atoms with Crippen LogP contribution in [0, 0.1) is 0 Å². The minimum absolute atomic E-state index is 0.0577. The molecule has 2 atom stereocenters. The lowest BCUT2D eigenvalue weighted by Crippen LogP contribution is -2.60. The summed E-state index contributed by atoms with van der Waals surface area (Å²) in [6, 6.07) is 0.0813. The lowest BCUT2D eigenvalue weighted by atomic mass is 10.2. The van der Waals surface area contributed by atoms with Gasteiger partial charge in [-0.3, -0.25) is 10.1 Å². The molecular weight excluding hydrogens is 192 g/mol. The van der Waals surface area contributed by atoms with Crippen molar-refractivity contribution in [3.05, 3.63) is 12.2 Å². The molecule has 1 saturated heterocycles. The van der Waals surface area contributed by atoms with E-state index in [0.717, 1.165) is 6.42 Å². The van der Waals surface area contributed by atoms with Gasteiger partial charge in [0.05, 0.1) is 12.6 Å². The zero-order chi connectivity index (χ0) is 11.3. The van der Waals surface area contributed by atoms with E-state index in [1.807, 2.05) is 17.9 Å². The number of nitrogens with zero attached hydrogens (tertiary/aromatic N) is 1. The maximum Gasteiger partial charge on any atom is 0.237 e. The van der Waals surface area contributed by atoms with Crippen LogP contribution in [0.2, 0.25) is 0 Å². The number of rotatable bonds is 4. The minimum Gasteiger partial charge on any atom is -0.364 e. The minimum atomic E-state index is -0.0577. The predicted molar refractivity (Wildman–Crippen MR) is 59.4 cm³/mol. The van der Waals surface area contributed by atoms with Crippen molar-refractivity contribution in [2.45, 2.75) is 32.5 Å². The van der Waals surface area contributed by atoms with Crippen molar-refractivity contribution in [2.75, 3.05) is 20.2 Å². The molecule has 86 valence electrons. The van der Waals surface area contributed by atoms with Crippen molar-refractivity contribution in [3.8, 4) is 0 Å². The number of carbonyl (C=O) groups excluding carboxylic acids is 1. The van der Waals surface area contributed by atoms with Crippen molar-refractivity contribution in [1.29, 1.82) is 0 Å². The smallest absolute Gasteiger partial charge is 0.237 e. The average molecular weight is 212 g/mol. The van der Waals surface area contributed by atoms with Gasteiger partial charge in [0.1, 0.15) is 6.23 Å². The molecule has 0 saturated carbocycles. The molecule has 0 bridgehead atoms. The molecular formula is C11H20N2O2. The number of amides is 1. The lowest BCUT2D eigenvalue weighted by molar-refractivity contribution is -0.141. The fourth-order valence-electron chi connectivity index (χ4n) is 1.75. The average Bonchev–Trinajstić information content (AvgIpc) is 2.23. The highest BCUT2D eigenvalue weighted by molar-refractivity contribution is 5.79. The lowest BCUT2D eigenvalue weighted by Gasteiger charge is -2.38. The highest BCUT2D eigenvalue weighted by Crippen LogP contribution is 2.10. The summed E-state index contributed by atoms with van der Waals surface area (Å²) in [5, 5.41) is 3.05. The SMILES string of the molecule is CCC=CCN1C(=O)CNC(OC)C1C. The first kappa shape index (κ1) is 12.2. The van der Waals surface area contributed by atoms with Crippen molar-refractivity contribution >= 4 is 5.91 Å². The van der Waals surface area contributed by atoms with Crippen LogP contribution in [0.25, 0.3) is 0 Å². The summed E-state index contributed by atoms with van der Waals surface area (Å²) in [5.74, 6) is 0.136. The van der Waals surface area contributed by atoms with Gasteiger partial charge in [0.2, 0.25) is 5.91 Å². The standard InChI is InChI=1S/C11H20N2O2/c1-4-5-6-7-13-9(2)11(15-3)12-8-10(13)14/h5-6,9,11-12H,4,7-8H2,1-3H3. The molecule has 15 heavy (non-hydrogen) atoms. The summed E-state index contributed by atoms with van der Waals surface area (Å²) in [4.78, 5) is 13.5. The number of methoxy groups -OCH3 is 1. The van der Waals surface area contributed by atoms with Crippen LogP contribution in [0.15, 0.2) is 12.2 Å². The molecule has 0 aromatic heterocycles. The Balaban J connectivity index is 2.57. The second-order valence-corrected chi connectivity index (χ2v) is 3.70. The van der Waals surface area contributed by atoms with E-state index in [1.54, 1.807) is 7.11 Å². The first-order valence-electron chi connectivity index (χ1n) is 5.41. The molecule has 0 aromatic carbocycles. The highest BCUT2D eigenvalue weighted by Gasteiger charge is 2.31. The Labute approximate surface area is 91.3 Å². The van der Waals surface area contributed by atoms with Crippen molar-refractivity contribution in [2.24, 2.45) is 0 Å². The van der Waals surface area contributed by atoms with Crippen LogP contribution in [-0.2, 0) is 9.53 Å². The summed E-state index contributed by atoms with van der Waals surface area (Å²) in [7, 11) is 1.66. The maximum absolute atomic E-state index is 11.6. The van der Waals surface area contributed by atoms with Gasteiger partial charge in [0.15, 0.2) is 0 Å². The number of hydrogen-bond donors (Lipinski definition) is 1. The molecule has 1 aliphatic rings. The Bertz CT molecular complexity index is 241. The van der Waals surface area contributed by atoms with Crippen LogP contribution in [0.4, 0.5) is 0 Å². The highest BCUT2D eigenvalue weighted by atomic mass is 16.5. The maximum atomic E-state index is 11.6. The summed E-state index contributed by atoms with van der Waals surface area (Å²) >= 11 is 0. The van der Waals surface area contributed by atoms with Gasteiger partial charge in [-0.15, -0.1) is 0 Å². The third kappa shape index (κ3) is 3.04. The van der Waals surface area contributed by atoms with Gasteiger partial charge in [-0.1, -0.05) is 19.1 Å². The Morgan fingerprint density at radius 3 is 2.93 bits per heavy atom. The number of hydrogen-bond acceptors (Lipinski definition) is 3. The first-order chi connectivity index (χ1) is 7.20. The molecule has 1 fully saturated rings. The molecule has 1 rings (SSSR count). The van der Waals surface area contributed by atoms with Gasteiger partial charge in [0.25, 0.3) is 0 Å². The van der Waals surface area contributed by atoms with Gasteiger partial charge >= 0.3 is 0 Å². The van der Waals surface area contributed by atoms with Gasteiger partial charge < -0.3 is 9.64 Å². The summed E-state index contributed by atoms with van der Waals surface area (Å²) in [5.41, 5.74) is 0. The quantitative estimate of drug-likeness (QED) is 0.699. The van der Waals surface area contributed by atoms with E-state index in [0.29, 0.717) is 13.1 Å². The fourth-order valence-corrected chi connectivity index (χ4v) is 1.75. The monoisotopic (exact) mass is 212 g/mol. The largest absolute Gasteiger partial charge is 0.364 e. The molecule has 1 amide bonds. The molecule has 0 radical (unpaired) electrons. The zero-order valence-electron chi connectivity index (χ0n) is 9.69. The third-order valence-electron chi connectivity index (χ3n) is 2.66. The van der Waals surface area contributed by atoms with Crippen molar-refractivity contribution in [3.63, 3.8) is 0 Å². The van der Waals surface area contributed by atoms with Crippen LogP contribution in [0.1, 0.15) is 20.3 Å². The molecule has 4 heteroatoms. The van der Waals surface area contributed by atoms with Crippen LogP contribution >= 0.6 is 0 Å². The van der Waals surface area contributed by atoms with E-state index in [1.165, 1.54) is 0 Å². The first-order valence-corrected chi connectivity index (χ1v) is 5.41. The van der Waals surface area contributed by atoms with Crippen LogP contribution < -0.4 is 5.32 Å². The topological polar surface area (TPSA) is 41.6 Å². The van der Waals surface area contributed by atoms with Crippen LogP contribution in [0.3, 0.4) is 0 Å². The zero-order valence-corrected chi connectivity index (χ0v) is 9.69. The molecule has 1 heterocycles. The number of allylic oxidation sites excluding steroid dienone is 1. The molecule has 0 spiro atoms. The van der Waals surface area contributed by atoms with E-state index >= 15 is 0 Å². The van der Waals surface area contributed by atoms with E-state index in [9.17, 15) is 4.79 Å². The van der Waals surface area contributed by atoms with Crippen LogP contribution in [0.5, 0.6) is 0 Å². The van der Waals surface area contributed by atoms with Gasteiger partial charge in [-0.25, -0.2) is 0 Å². The summed E-state index contributed by atoms with van der Waals surface area (Å²) < 4.78 is 5.26. The van der Waals surface area contributed by atoms with E-state index in [2.05, 4.69) is 18.3 Å². The van der Waals surface area contributed by atoms with Gasteiger partial charge in [-0.2, -0.15) is 0 Å². The molecule has 4 nitrogen and oxygen atoms in total. The number of nitrogens with one attached hydrogen (secondary N) is 1. The second kappa shape index (κ2) is 5.88. The molecule has 2 unspecified atom stereocenters. The number of carbonyl (C=O) groups is 1. The number of ether oxygens (including phenoxy) is 1. The second-order valence-electron chi connectivity index (χ2n) is 3.70. The Kier molecular flexibility index (Phi) is 4.78.